The van der Waals surface area contributed by atoms with Gasteiger partial charge in [0.1, 0.15) is 0 Å². The van der Waals surface area contributed by atoms with Crippen LogP contribution in [0.5, 0.6) is 0 Å². The van der Waals surface area contributed by atoms with E-state index < -0.39 is 0 Å². The molecule has 2 unspecified atom stereocenters. The van der Waals surface area contributed by atoms with E-state index in [1.165, 1.54) is 44.9 Å². The van der Waals surface area contributed by atoms with Crippen molar-refractivity contribution in [2.45, 2.75) is 82.4 Å². The first-order valence-electron chi connectivity index (χ1n) is 8.75. The van der Waals surface area contributed by atoms with Crippen molar-refractivity contribution in [3.8, 4) is 0 Å². The highest BCUT2D eigenvalue weighted by atomic mass is 16.6. The molecule has 20 heavy (non-hydrogen) atoms. The molecule has 2 aliphatic heterocycles. The van der Waals surface area contributed by atoms with Gasteiger partial charge < -0.3 is 14.8 Å². The van der Waals surface area contributed by atoms with Gasteiger partial charge in [0.25, 0.3) is 0 Å². The zero-order valence-electron chi connectivity index (χ0n) is 13.0. The van der Waals surface area contributed by atoms with Crippen molar-refractivity contribution in [3.05, 3.63) is 0 Å². The Morgan fingerprint density at radius 3 is 2.55 bits per heavy atom. The first-order chi connectivity index (χ1) is 9.77. The Hall–Kier alpha value is -0.120. The van der Waals surface area contributed by atoms with E-state index in [9.17, 15) is 0 Å². The number of rotatable bonds is 3. The third-order valence-electron chi connectivity index (χ3n) is 5.67. The molecule has 0 aromatic rings. The van der Waals surface area contributed by atoms with Gasteiger partial charge in [0.05, 0.1) is 12.2 Å². The second-order valence-corrected chi connectivity index (χ2v) is 7.23. The Bertz CT molecular complexity index is 293. The molecule has 0 aromatic heterocycles. The summed E-state index contributed by atoms with van der Waals surface area (Å²) in [5.74, 6) is 0.885. The van der Waals surface area contributed by atoms with E-state index in [0.717, 1.165) is 38.6 Å². The SMILES string of the molecule is C[C@H](NC1CCOC2(CCOC2)C1)C1CCCCCC1. The summed E-state index contributed by atoms with van der Waals surface area (Å²) >= 11 is 0. The standard InChI is InChI=1S/C17H31NO2/c1-14(15-6-4-2-3-5-7-15)18-16-8-10-20-17(12-16)9-11-19-13-17/h14-16,18H,2-13H2,1H3/t14-,16?,17?/m0/s1. The smallest absolute Gasteiger partial charge is 0.0951 e. The van der Waals surface area contributed by atoms with Gasteiger partial charge in [-0.15, -0.1) is 0 Å². The van der Waals surface area contributed by atoms with Crippen molar-refractivity contribution < 1.29 is 9.47 Å². The molecule has 0 amide bonds. The van der Waals surface area contributed by atoms with Gasteiger partial charge in [-0.25, -0.2) is 0 Å². The fourth-order valence-electron chi connectivity index (χ4n) is 4.35. The van der Waals surface area contributed by atoms with Crippen LogP contribution in [0, 0.1) is 5.92 Å². The third kappa shape index (κ3) is 3.55. The number of nitrogens with one attached hydrogen (secondary N) is 1. The normalized spacial score (nSPS) is 38.0. The fourth-order valence-corrected chi connectivity index (χ4v) is 4.35. The molecule has 1 aliphatic carbocycles. The van der Waals surface area contributed by atoms with E-state index in [-0.39, 0.29) is 5.60 Å². The van der Waals surface area contributed by atoms with Crippen LogP contribution in [0.2, 0.25) is 0 Å². The topological polar surface area (TPSA) is 30.5 Å². The molecule has 1 saturated carbocycles. The van der Waals surface area contributed by atoms with Crippen molar-refractivity contribution in [1.29, 1.82) is 0 Å². The van der Waals surface area contributed by atoms with Gasteiger partial charge in [0.15, 0.2) is 0 Å². The van der Waals surface area contributed by atoms with Crippen LogP contribution < -0.4 is 5.32 Å². The maximum absolute atomic E-state index is 6.04. The van der Waals surface area contributed by atoms with Crippen molar-refractivity contribution in [2.75, 3.05) is 19.8 Å². The molecule has 116 valence electrons. The average Bonchev–Trinajstić information content (AvgIpc) is 2.73. The van der Waals surface area contributed by atoms with Crippen LogP contribution in [0.1, 0.15) is 64.7 Å². The molecule has 0 aromatic carbocycles. The van der Waals surface area contributed by atoms with Crippen molar-refractivity contribution in [1.82, 2.24) is 5.32 Å². The molecular weight excluding hydrogens is 250 g/mol. The van der Waals surface area contributed by atoms with Crippen LogP contribution >= 0.6 is 0 Å². The maximum atomic E-state index is 6.04. The second-order valence-electron chi connectivity index (χ2n) is 7.23. The van der Waals surface area contributed by atoms with Gasteiger partial charge in [-0.05, 0) is 38.5 Å². The second kappa shape index (κ2) is 6.76. The van der Waals surface area contributed by atoms with Crippen LogP contribution in [-0.4, -0.2) is 37.5 Å². The lowest BCUT2D eigenvalue weighted by atomic mass is 9.87. The zero-order valence-corrected chi connectivity index (χ0v) is 13.0. The highest BCUT2D eigenvalue weighted by Crippen LogP contribution is 2.34. The Morgan fingerprint density at radius 2 is 1.85 bits per heavy atom. The van der Waals surface area contributed by atoms with E-state index in [1.807, 2.05) is 0 Å². The average molecular weight is 281 g/mol. The molecule has 1 spiro atoms. The highest BCUT2D eigenvalue weighted by molar-refractivity contribution is 4.94. The molecule has 3 aliphatic rings. The predicted octanol–water partition coefficient (Wildman–Crippen LogP) is 3.27. The van der Waals surface area contributed by atoms with E-state index in [1.54, 1.807) is 0 Å². The van der Waals surface area contributed by atoms with Gasteiger partial charge in [0, 0.05) is 31.7 Å². The molecule has 3 fully saturated rings. The summed E-state index contributed by atoms with van der Waals surface area (Å²) in [5.41, 5.74) is 0.0408. The van der Waals surface area contributed by atoms with Crippen molar-refractivity contribution in [2.24, 2.45) is 5.92 Å². The largest absolute Gasteiger partial charge is 0.378 e. The Kier molecular flexibility index (Phi) is 5.00. The summed E-state index contributed by atoms with van der Waals surface area (Å²) in [5, 5.41) is 3.93. The van der Waals surface area contributed by atoms with E-state index in [4.69, 9.17) is 9.47 Å². The molecule has 0 radical (unpaired) electrons. The van der Waals surface area contributed by atoms with Gasteiger partial charge >= 0.3 is 0 Å². The summed E-state index contributed by atoms with van der Waals surface area (Å²) < 4.78 is 11.6. The number of ether oxygens (including phenoxy) is 2. The third-order valence-corrected chi connectivity index (χ3v) is 5.67. The molecule has 0 bridgehead atoms. The predicted molar refractivity (Wildman–Crippen MR) is 80.9 cm³/mol. The van der Waals surface area contributed by atoms with E-state index in [2.05, 4.69) is 12.2 Å². The molecule has 3 nitrogen and oxygen atoms in total. The van der Waals surface area contributed by atoms with Crippen molar-refractivity contribution >= 4 is 0 Å². The molecule has 1 N–H and O–H groups in total. The van der Waals surface area contributed by atoms with E-state index >= 15 is 0 Å². The monoisotopic (exact) mass is 281 g/mol. The zero-order chi connectivity index (χ0) is 13.8. The van der Waals surface area contributed by atoms with Crippen LogP contribution in [0.15, 0.2) is 0 Å². The number of hydrogen-bond donors (Lipinski definition) is 1. The van der Waals surface area contributed by atoms with E-state index in [0.29, 0.717) is 12.1 Å². The lowest BCUT2D eigenvalue weighted by Crippen LogP contribution is -2.50. The fraction of sp³-hybridized carbons (Fsp3) is 1.00. The van der Waals surface area contributed by atoms with Crippen LogP contribution in [0.25, 0.3) is 0 Å². The quantitative estimate of drug-likeness (QED) is 0.805. The summed E-state index contributed by atoms with van der Waals surface area (Å²) in [4.78, 5) is 0. The van der Waals surface area contributed by atoms with Gasteiger partial charge in [-0.1, -0.05) is 25.7 Å². The highest BCUT2D eigenvalue weighted by Gasteiger charge is 2.41. The molecule has 3 heteroatoms. The lowest BCUT2D eigenvalue weighted by molar-refractivity contribution is -0.0908. The van der Waals surface area contributed by atoms with Crippen LogP contribution in [0.3, 0.4) is 0 Å². The summed E-state index contributed by atoms with van der Waals surface area (Å²) in [6, 6.07) is 1.29. The molecule has 3 atom stereocenters. The first kappa shape index (κ1) is 14.8. The van der Waals surface area contributed by atoms with Crippen LogP contribution in [0.4, 0.5) is 0 Å². The summed E-state index contributed by atoms with van der Waals surface area (Å²) in [7, 11) is 0. The Balaban J connectivity index is 1.51. The summed E-state index contributed by atoms with van der Waals surface area (Å²) in [6.45, 7) is 5.00. The molecule has 3 rings (SSSR count). The first-order valence-corrected chi connectivity index (χ1v) is 8.75. The molecular formula is C17H31NO2. The Labute approximate surface area is 123 Å². The summed E-state index contributed by atoms with van der Waals surface area (Å²) in [6.07, 6.45) is 12.0. The van der Waals surface area contributed by atoms with Gasteiger partial charge in [-0.3, -0.25) is 0 Å². The molecule has 2 saturated heterocycles. The minimum absolute atomic E-state index is 0.0408. The molecule has 2 heterocycles. The van der Waals surface area contributed by atoms with Gasteiger partial charge in [-0.2, -0.15) is 0 Å². The Morgan fingerprint density at radius 1 is 1.05 bits per heavy atom. The lowest BCUT2D eigenvalue weighted by Gasteiger charge is -2.39. The maximum Gasteiger partial charge on any atom is 0.0951 e. The van der Waals surface area contributed by atoms with Gasteiger partial charge in [0.2, 0.25) is 0 Å². The minimum Gasteiger partial charge on any atom is -0.378 e. The minimum atomic E-state index is 0.0408. The van der Waals surface area contributed by atoms with Crippen molar-refractivity contribution in [3.63, 3.8) is 0 Å². The van der Waals surface area contributed by atoms with Crippen LogP contribution in [-0.2, 0) is 9.47 Å². The number of hydrogen-bond acceptors (Lipinski definition) is 3.